The molecule has 0 heterocycles. The van der Waals surface area contributed by atoms with E-state index in [1.54, 1.807) is 18.2 Å². The molecule has 0 saturated carbocycles. The van der Waals surface area contributed by atoms with Crippen LogP contribution in [0.4, 0.5) is 11.4 Å². The van der Waals surface area contributed by atoms with E-state index in [2.05, 4.69) is 0 Å². The molecule has 0 fully saturated rings. The molecule has 0 radical (unpaired) electrons. The van der Waals surface area contributed by atoms with E-state index in [0.29, 0.717) is 11.3 Å². The third kappa shape index (κ3) is 3.58. The van der Waals surface area contributed by atoms with Crippen molar-refractivity contribution in [3.63, 3.8) is 0 Å². The summed E-state index contributed by atoms with van der Waals surface area (Å²) in [6, 6.07) is 13.0. The Labute approximate surface area is 119 Å². The van der Waals surface area contributed by atoms with E-state index in [9.17, 15) is 14.9 Å². The van der Waals surface area contributed by atoms with Gasteiger partial charge in [0.15, 0.2) is 5.78 Å². The summed E-state index contributed by atoms with van der Waals surface area (Å²) in [5, 5.41) is 10.7. The first kappa shape index (κ1) is 14.1. The molecule has 0 aliphatic rings. The molecular weight excluding hydrogens is 276 g/mol. The van der Waals surface area contributed by atoms with Gasteiger partial charge in [0.25, 0.3) is 5.69 Å². The molecule has 0 saturated heterocycles. The van der Waals surface area contributed by atoms with Crippen molar-refractivity contribution in [2.24, 2.45) is 0 Å². The van der Waals surface area contributed by atoms with Crippen LogP contribution in [0.3, 0.4) is 0 Å². The van der Waals surface area contributed by atoms with Crippen LogP contribution in [0.1, 0.15) is 10.4 Å². The first-order valence-electron chi connectivity index (χ1n) is 5.82. The highest BCUT2D eigenvalue weighted by molar-refractivity contribution is 8.00. The number of thioether (sulfide) groups is 1. The number of nitrogen functional groups attached to an aromatic ring is 1. The van der Waals surface area contributed by atoms with E-state index in [0.717, 1.165) is 4.90 Å². The smallest absolute Gasteiger partial charge is 0.270 e. The van der Waals surface area contributed by atoms with Crippen molar-refractivity contribution in [2.75, 3.05) is 11.5 Å². The molecule has 2 aromatic carbocycles. The minimum Gasteiger partial charge on any atom is -0.399 e. The molecule has 0 aliphatic carbocycles. The summed E-state index contributed by atoms with van der Waals surface area (Å²) < 4.78 is 0. The quantitative estimate of drug-likeness (QED) is 0.300. The third-order valence-electron chi connectivity index (χ3n) is 2.63. The van der Waals surface area contributed by atoms with E-state index >= 15 is 0 Å². The first-order valence-corrected chi connectivity index (χ1v) is 6.81. The number of rotatable bonds is 5. The Kier molecular flexibility index (Phi) is 4.37. The number of non-ortho nitro benzene ring substituents is 1. The molecule has 0 amide bonds. The van der Waals surface area contributed by atoms with Gasteiger partial charge in [0.05, 0.1) is 10.7 Å². The van der Waals surface area contributed by atoms with Gasteiger partial charge in [-0.1, -0.05) is 12.1 Å². The summed E-state index contributed by atoms with van der Waals surface area (Å²) in [5.41, 5.74) is 6.52. The van der Waals surface area contributed by atoms with Crippen molar-refractivity contribution in [1.82, 2.24) is 0 Å². The summed E-state index contributed by atoms with van der Waals surface area (Å²) in [6.45, 7) is 0. The van der Waals surface area contributed by atoms with Crippen LogP contribution in [0, 0.1) is 10.1 Å². The number of benzene rings is 2. The number of carbonyl (C=O) groups excluding carboxylic acids is 1. The molecule has 0 unspecified atom stereocenters. The molecule has 6 heteroatoms. The number of carbonyl (C=O) groups is 1. The van der Waals surface area contributed by atoms with Crippen molar-refractivity contribution < 1.29 is 9.72 Å². The van der Waals surface area contributed by atoms with Gasteiger partial charge >= 0.3 is 0 Å². The average Bonchev–Trinajstić information content (AvgIpc) is 2.46. The molecule has 2 rings (SSSR count). The number of nitro groups is 1. The maximum Gasteiger partial charge on any atom is 0.270 e. The van der Waals surface area contributed by atoms with Gasteiger partial charge in [0.2, 0.25) is 0 Å². The number of nitrogens with two attached hydrogens (primary N) is 1. The van der Waals surface area contributed by atoms with Crippen LogP contribution in [-0.4, -0.2) is 16.5 Å². The predicted octanol–water partition coefficient (Wildman–Crippen LogP) is 3.15. The maximum atomic E-state index is 12.0. The molecule has 0 atom stereocenters. The van der Waals surface area contributed by atoms with Crippen LogP contribution >= 0.6 is 11.8 Å². The zero-order valence-corrected chi connectivity index (χ0v) is 11.3. The van der Waals surface area contributed by atoms with Crippen LogP contribution in [0.15, 0.2) is 53.4 Å². The second-order valence-corrected chi connectivity index (χ2v) is 5.14. The summed E-state index contributed by atoms with van der Waals surface area (Å²) >= 11 is 1.37. The Bertz CT molecular complexity index is 641. The molecule has 102 valence electrons. The Morgan fingerprint density at radius 2 is 1.90 bits per heavy atom. The summed E-state index contributed by atoms with van der Waals surface area (Å²) in [6.07, 6.45) is 0. The lowest BCUT2D eigenvalue weighted by Gasteiger charge is -2.02. The predicted molar refractivity (Wildman–Crippen MR) is 79.0 cm³/mol. The molecule has 20 heavy (non-hydrogen) atoms. The lowest BCUT2D eigenvalue weighted by atomic mass is 10.1. The highest BCUT2D eigenvalue weighted by atomic mass is 32.2. The summed E-state index contributed by atoms with van der Waals surface area (Å²) in [7, 11) is 0. The highest BCUT2D eigenvalue weighted by Gasteiger charge is 2.11. The molecule has 0 spiro atoms. The number of hydrogen-bond donors (Lipinski definition) is 1. The molecule has 2 aromatic rings. The van der Waals surface area contributed by atoms with Crippen molar-refractivity contribution in [1.29, 1.82) is 0 Å². The van der Waals surface area contributed by atoms with Gasteiger partial charge in [-0.25, -0.2) is 0 Å². The molecular formula is C14H12N2O3S. The van der Waals surface area contributed by atoms with Crippen LogP contribution < -0.4 is 5.73 Å². The standard InChI is InChI=1S/C14H12N2O3S/c15-11-4-6-13(7-5-11)20-9-14(17)10-2-1-3-12(8-10)16(18)19/h1-8H,9,15H2. The summed E-state index contributed by atoms with van der Waals surface area (Å²) in [5.74, 6) is 0.0842. The first-order chi connectivity index (χ1) is 9.56. The highest BCUT2D eigenvalue weighted by Crippen LogP contribution is 2.21. The molecule has 0 aliphatic heterocycles. The van der Waals surface area contributed by atoms with Crippen molar-refractivity contribution >= 4 is 28.9 Å². The van der Waals surface area contributed by atoms with Crippen LogP contribution in [0.5, 0.6) is 0 Å². The Morgan fingerprint density at radius 1 is 1.20 bits per heavy atom. The number of hydrogen-bond acceptors (Lipinski definition) is 5. The number of anilines is 1. The van der Waals surface area contributed by atoms with Gasteiger partial charge in [-0.05, 0) is 24.3 Å². The van der Waals surface area contributed by atoms with E-state index in [-0.39, 0.29) is 17.2 Å². The largest absolute Gasteiger partial charge is 0.399 e. The van der Waals surface area contributed by atoms with Crippen LogP contribution in [0.25, 0.3) is 0 Å². The number of nitrogens with zero attached hydrogens (tertiary/aromatic N) is 1. The van der Waals surface area contributed by atoms with E-state index < -0.39 is 4.92 Å². The Morgan fingerprint density at radius 3 is 2.55 bits per heavy atom. The Hall–Kier alpha value is -2.34. The lowest BCUT2D eigenvalue weighted by Crippen LogP contribution is -2.03. The van der Waals surface area contributed by atoms with E-state index in [1.165, 1.54) is 30.0 Å². The topological polar surface area (TPSA) is 86.2 Å². The van der Waals surface area contributed by atoms with E-state index in [4.69, 9.17) is 5.73 Å². The number of nitro benzene ring substituents is 1. The fourth-order valence-corrected chi connectivity index (χ4v) is 2.38. The summed E-state index contributed by atoms with van der Waals surface area (Å²) in [4.78, 5) is 23.1. The third-order valence-corrected chi connectivity index (χ3v) is 3.64. The van der Waals surface area contributed by atoms with Gasteiger partial charge in [-0.3, -0.25) is 14.9 Å². The minimum atomic E-state index is -0.510. The zero-order valence-electron chi connectivity index (χ0n) is 10.5. The second kappa shape index (κ2) is 6.21. The molecule has 0 bridgehead atoms. The Balaban J connectivity index is 2.03. The van der Waals surface area contributed by atoms with Gasteiger partial charge in [0.1, 0.15) is 0 Å². The number of ketones is 1. The normalized spacial score (nSPS) is 10.2. The van der Waals surface area contributed by atoms with Gasteiger partial charge < -0.3 is 5.73 Å². The SMILES string of the molecule is Nc1ccc(SCC(=O)c2cccc([N+](=O)[O-])c2)cc1. The van der Waals surface area contributed by atoms with Gasteiger partial charge in [0, 0.05) is 28.3 Å². The molecule has 0 aromatic heterocycles. The van der Waals surface area contributed by atoms with Gasteiger partial charge in [-0.15, -0.1) is 11.8 Å². The second-order valence-electron chi connectivity index (χ2n) is 4.09. The molecule has 5 nitrogen and oxygen atoms in total. The monoisotopic (exact) mass is 288 g/mol. The van der Waals surface area contributed by atoms with E-state index in [1.807, 2.05) is 12.1 Å². The zero-order chi connectivity index (χ0) is 14.5. The van der Waals surface area contributed by atoms with Gasteiger partial charge in [-0.2, -0.15) is 0 Å². The van der Waals surface area contributed by atoms with Crippen LogP contribution in [-0.2, 0) is 0 Å². The maximum absolute atomic E-state index is 12.0. The number of Topliss-reactive ketones (excluding diaryl/α,β-unsaturated/α-hetero) is 1. The van der Waals surface area contributed by atoms with Crippen molar-refractivity contribution in [3.8, 4) is 0 Å². The van der Waals surface area contributed by atoms with Crippen molar-refractivity contribution in [2.45, 2.75) is 4.90 Å². The van der Waals surface area contributed by atoms with Crippen LogP contribution in [0.2, 0.25) is 0 Å². The fraction of sp³-hybridized carbons (Fsp3) is 0.0714. The fourth-order valence-electron chi connectivity index (χ4n) is 1.59. The molecule has 2 N–H and O–H groups in total. The average molecular weight is 288 g/mol. The minimum absolute atomic E-state index is 0.0756. The van der Waals surface area contributed by atoms with Crippen molar-refractivity contribution in [3.05, 3.63) is 64.2 Å². The lowest BCUT2D eigenvalue weighted by molar-refractivity contribution is -0.384.